The third-order valence-electron chi connectivity index (χ3n) is 2.62. The Kier molecular flexibility index (Phi) is 4.54. The summed E-state index contributed by atoms with van der Waals surface area (Å²) in [6.07, 6.45) is 0. The Bertz CT molecular complexity index is 644. The van der Waals surface area contributed by atoms with Crippen molar-refractivity contribution in [3.05, 3.63) is 28.4 Å². The highest BCUT2D eigenvalue weighted by Gasteiger charge is 2.19. The molecule has 2 aromatic rings. The lowest BCUT2D eigenvalue weighted by atomic mass is 10.1. The van der Waals surface area contributed by atoms with E-state index in [1.54, 1.807) is 6.92 Å². The highest BCUT2D eigenvalue weighted by molar-refractivity contribution is 9.10. The van der Waals surface area contributed by atoms with Gasteiger partial charge in [0, 0.05) is 15.9 Å². The van der Waals surface area contributed by atoms with E-state index >= 15 is 0 Å². The van der Waals surface area contributed by atoms with Crippen LogP contribution in [0.25, 0.3) is 10.9 Å². The molecule has 0 unspecified atom stereocenters. The summed E-state index contributed by atoms with van der Waals surface area (Å²) in [6.45, 7) is 6.06. The Morgan fingerprint density at radius 2 is 2.15 bits per heavy atom. The number of anilines is 1. The summed E-state index contributed by atoms with van der Waals surface area (Å²) < 4.78 is 5.95. The van der Waals surface area contributed by atoms with Gasteiger partial charge in [-0.1, -0.05) is 15.9 Å². The van der Waals surface area contributed by atoms with Crippen molar-refractivity contribution < 1.29 is 9.53 Å². The quantitative estimate of drug-likeness (QED) is 0.866. The lowest BCUT2D eigenvalue weighted by Crippen LogP contribution is -2.17. The highest BCUT2D eigenvalue weighted by atomic mass is 79.9. The number of benzene rings is 1. The third kappa shape index (κ3) is 3.07. The maximum absolute atomic E-state index is 12.0. The molecule has 0 saturated carbocycles. The predicted octanol–water partition coefficient (Wildman–Crippen LogP) is 3.39. The van der Waals surface area contributed by atoms with E-state index in [0.29, 0.717) is 12.3 Å². The number of aromatic nitrogens is 2. The molecule has 0 spiro atoms. The SMILES string of the molecule is CCOC(=O)c1nnc2ccc(Br)cc2c1NC(C)C. The van der Waals surface area contributed by atoms with Gasteiger partial charge in [0.25, 0.3) is 0 Å². The number of hydrogen-bond acceptors (Lipinski definition) is 5. The van der Waals surface area contributed by atoms with E-state index in [4.69, 9.17) is 4.74 Å². The maximum atomic E-state index is 12.0. The molecule has 0 fully saturated rings. The topological polar surface area (TPSA) is 64.1 Å². The van der Waals surface area contributed by atoms with Crippen LogP contribution in [0, 0.1) is 0 Å². The van der Waals surface area contributed by atoms with Gasteiger partial charge < -0.3 is 10.1 Å². The molecule has 1 heterocycles. The molecule has 1 aromatic carbocycles. The molecule has 0 aliphatic carbocycles. The fraction of sp³-hybridized carbons (Fsp3) is 0.357. The fourth-order valence-electron chi connectivity index (χ4n) is 1.85. The van der Waals surface area contributed by atoms with Crippen LogP contribution in [0.3, 0.4) is 0 Å². The lowest BCUT2D eigenvalue weighted by Gasteiger charge is -2.15. The van der Waals surface area contributed by atoms with E-state index < -0.39 is 5.97 Å². The Morgan fingerprint density at radius 1 is 1.40 bits per heavy atom. The van der Waals surface area contributed by atoms with Gasteiger partial charge in [-0.3, -0.25) is 0 Å². The fourth-order valence-corrected chi connectivity index (χ4v) is 2.22. The van der Waals surface area contributed by atoms with Crippen LogP contribution in [0.1, 0.15) is 31.3 Å². The zero-order valence-electron chi connectivity index (χ0n) is 11.6. The molecular formula is C14H16BrN3O2. The molecule has 106 valence electrons. The molecule has 20 heavy (non-hydrogen) atoms. The van der Waals surface area contributed by atoms with E-state index in [-0.39, 0.29) is 11.7 Å². The first-order chi connectivity index (χ1) is 9.52. The van der Waals surface area contributed by atoms with Crippen molar-refractivity contribution >= 4 is 38.5 Å². The molecule has 5 nitrogen and oxygen atoms in total. The van der Waals surface area contributed by atoms with Gasteiger partial charge >= 0.3 is 5.97 Å². The molecule has 0 aliphatic rings. The molecule has 1 N–H and O–H groups in total. The lowest BCUT2D eigenvalue weighted by molar-refractivity contribution is 0.0519. The molecule has 0 atom stereocenters. The number of nitrogens with one attached hydrogen (secondary N) is 1. The smallest absolute Gasteiger partial charge is 0.361 e. The van der Waals surface area contributed by atoms with Crippen LogP contribution in [-0.4, -0.2) is 28.8 Å². The van der Waals surface area contributed by atoms with Crippen LogP contribution < -0.4 is 5.32 Å². The summed E-state index contributed by atoms with van der Waals surface area (Å²) in [7, 11) is 0. The molecule has 6 heteroatoms. The van der Waals surface area contributed by atoms with Crippen molar-refractivity contribution in [3.8, 4) is 0 Å². The van der Waals surface area contributed by atoms with Crippen molar-refractivity contribution in [1.82, 2.24) is 10.2 Å². The normalized spacial score (nSPS) is 10.8. The Balaban J connectivity index is 2.64. The highest BCUT2D eigenvalue weighted by Crippen LogP contribution is 2.28. The number of hydrogen-bond donors (Lipinski definition) is 1. The second kappa shape index (κ2) is 6.17. The van der Waals surface area contributed by atoms with E-state index in [2.05, 4.69) is 31.4 Å². The number of rotatable bonds is 4. The second-order valence-corrected chi connectivity index (χ2v) is 5.52. The van der Waals surface area contributed by atoms with E-state index in [0.717, 1.165) is 15.4 Å². The predicted molar refractivity (Wildman–Crippen MR) is 82.0 cm³/mol. The summed E-state index contributed by atoms with van der Waals surface area (Å²) in [4.78, 5) is 12.0. The average molecular weight is 338 g/mol. The van der Waals surface area contributed by atoms with E-state index in [1.807, 2.05) is 32.0 Å². The number of ether oxygens (including phenoxy) is 1. The Morgan fingerprint density at radius 3 is 2.80 bits per heavy atom. The summed E-state index contributed by atoms with van der Waals surface area (Å²) in [5.41, 5.74) is 1.60. The number of esters is 1. The molecule has 1 aromatic heterocycles. The molecule has 0 radical (unpaired) electrons. The summed E-state index contributed by atoms with van der Waals surface area (Å²) in [5, 5.41) is 12.2. The minimum absolute atomic E-state index is 0.162. The average Bonchev–Trinajstić information content (AvgIpc) is 2.39. The van der Waals surface area contributed by atoms with Crippen LogP contribution >= 0.6 is 15.9 Å². The van der Waals surface area contributed by atoms with Gasteiger partial charge in [0.1, 0.15) is 0 Å². The van der Waals surface area contributed by atoms with Crippen LogP contribution in [0.2, 0.25) is 0 Å². The van der Waals surface area contributed by atoms with Crippen molar-refractivity contribution in [2.45, 2.75) is 26.8 Å². The number of halogens is 1. The maximum Gasteiger partial charge on any atom is 0.361 e. The molecule has 0 saturated heterocycles. The Hall–Kier alpha value is -1.69. The van der Waals surface area contributed by atoms with Gasteiger partial charge in [0.2, 0.25) is 0 Å². The Labute approximate surface area is 125 Å². The van der Waals surface area contributed by atoms with Gasteiger partial charge in [-0.2, -0.15) is 0 Å². The van der Waals surface area contributed by atoms with Gasteiger partial charge in [-0.25, -0.2) is 4.79 Å². The van der Waals surface area contributed by atoms with Gasteiger partial charge in [0.05, 0.1) is 17.8 Å². The van der Waals surface area contributed by atoms with Crippen molar-refractivity contribution in [1.29, 1.82) is 0 Å². The first-order valence-corrected chi connectivity index (χ1v) is 7.21. The zero-order valence-corrected chi connectivity index (χ0v) is 13.2. The van der Waals surface area contributed by atoms with Crippen LogP contribution in [0.15, 0.2) is 22.7 Å². The standard InChI is InChI=1S/C14H16BrN3O2/c1-4-20-14(19)13-12(16-8(2)3)10-7-9(15)5-6-11(10)17-18-13/h5-8H,4H2,1-3H3,(H,16,17). The van der Waals surface area contributed by atoms with Crippen LogP contribution in [0.5, 0.6) is 0 Å². The molecule has 0 aliphatic heterocycles. The number of nitrogens with zero attached hydrogens (tertiary/aromatic N) is 2. The molecular weight excluding hydrogens is 322 g/mol. The summed E-state index contributed by atoms with van der Waals surface area (Å²) >= 11 is 3.43. The number of fused-ring (bicyclic) bond motifs is 1. The van der Waals surface area contributed by atoms with E-state index in [1.165, 1.54) is 0 Å². The molecule has 2 rings (SSSR count). The second-order valence-electron chi connectivity index (χ2n) is 4.60. The van der Waals surface area contributed by atoms with Crippen molar-refractivity contribution in [2.24, 2.45) is 0 Å². The first-order valence-electron chi connectivity index (χ1n) is 6.42. The minimum Gasteiger partial charge on any atom is -0.461 e. The van der Waals surface area contributed by atoms with Gasteiger partial charge in [-0.15, -0.1) is 10.2 Å². The monoisotopic (exact) mass is 337 g/mol. The zero-order chi connectivity index (χ0) is 14.7. The van der Waals surface area contributed by atoms with Gasteiger partial charge in [-0.05, 0) is 39.0 Å². The number of carbonyl (C=O) groups excluding carboxylic acids is 1. The van der Waals surface area contributed by atoms with E-state index in [9.17, 15) is 4.79 Å². The molecule has 0 amide bonds. The molecule has 0 bridgehead atoms. The summed E-state index contributed by atoms with van der Waals surface area (Å²) in [6, 6.07) is 5.82. The van der Waals surface area contributed by atoms with Crippen molar-refractivity contribution in [2.75, 3.05) is 11.9 Å². The third-order valence-corrected chi connectivity index (χ3v) is 3.12. The minimum atomic E-state index is -0.468. The largest absolute Gasteiger partial charge is 0.461 e. The van der Waals surface area contributed by atoms with Crippen LogP contribution in [0.4, 0.5) is 5.69 Å². The summed E-state index contributed by atoms with van der Waals surface area (Å²) in [5.74, 6) is -0.468. The van der Waals surface area contributed by atoms with Crippen LogP contribution in [-0.2, 0) is 4.74 Å². The van der Waals surface area contributed by atoms with Crippen molar-refractivity contribution in [3.63, 3.8) is 0 Å². The first kappa shape index (κ1) is 14.7. The number of carbonyl (C=O) groups is 1. The van der Waals surface area contributed by atoms with Gasteiger partial charge in [0.15, 0.2) is 5.69 Å².